The Bertz CT molecular complexity index is 1270. The molecule has 34 heavy (non-hydrogen) atoms. The number of allylic oxidation sites excluding steroid dienone is 3. The Morgan fingerprint density at radius 3 is 2.85 bits per heavy atom. The quantitative estimate of drug-likeness (QED) is 0.534. The first-order valence-corrected chi connectivity index (χ1v) is 12.5. The topological polar surface area (TPSA) is 65.5 Å². The van der Waals surface area contributed by atoms with Gasteiger partial charge in [-0.15, -0.1) is 0 Å². The second kappa shape index (κ2) is 7.53. The predicted octanol–water partition coefficient (Wildman–Crippen LogP) is 5.79. The molecule has 0 spiro atoms. The number of carbonyl (C=O) groups is 2. The third-order valence-electron chi connectivity index (χ3n) is 8.84. The molecule has 2 fully saturated rings. The largest absolute Gasteiger partial charge is 0.489 e. The first-order valence-electron chi connectivity index (χ1n) is 12.5. The predicted molar refractivity (Wildman–Crippen MR) is 129 cm³/mol. The summed E-state index contributed by atoms with van der Waals surface area (Å²) in [6.07, 6.45) is 10.7. The Kier molecular flexibility index (Phi) is 4.78. The highest BCUT2D eigenvalue weighted by Crippen LogP contribution is 2.66. The lowest BCUT2D eigenvalue weighted by molar-refractivity contribution is -0.157. The van der Waals surface area contributed by atoms with Gasteiger partial charge in [0.25, 0.3) is 0 Å². The molecular formula is C29H31NO4. The van der Waals surface area contributed by atoms with Crippen LogP contribution >= 0.6 is 0 Å². The Balaban J connectivity index is 1.48. The fraction of sp³-hybridized carbons (Fsp3) is 0.483. The number of hydrogen-bond donors (Lipinski definition) is 0. The molecular weight excluding hydrogens is 426 g/mol. The lowest BCUT2D eigenvalue weighted by Gasteiger charge is -2.48. The number of fused-ring (bicyclic) bond motifs is 4. The fourth-order valence-electron chi connectivity index (χ4n) is 7.58. The Morgan fingerprint density at radius 1 is 1.18 bits per heavy atom. The number of esters is 1. The molecule has 4 aliphatic rings. The van der Waals surface area contributed by atoms with Crippen molar-refractivity contribution < 1.29 is 19.1 Å². The van der Waals surface area contributed by atoms with Gasteiger partial charge in [-0.1, -0.05) is 25.1 Å². The molecule has 1 aliphatic heterocycles. The third-order valence-corrected chi connectivity index (χ3v) is 8.84. The lowest BCUT2D eigenvalue weighted by Crippen LogP contribution is -2.44. The average Bonchev–Trinajstić information content (AvgIpc) is 3.04. The molecule has 2 aromatic rings. The second-order valence-corrected chi connectivity index (χ2v) is 11.0. The number of hydrogen-bond acceptors (Lipinski definition) is 5. The van der Waals surface area contributed by atoms with Crippen molar-refractivity contribution >= 4 is 22.5 Å². The van der Waals surface area contributed by atoms with Crippen molar-refractivity contribution in [2.45, 2.75) is 76.9 Å². The number of Topliss-reactive ketones (excluding diaryl/α,β-unsaturated/α-hetero) is 1. The number of carbonyl (C=O) groups excluding carboxylic acids is 2. The molecule has 1 aromatic heterocycles. The number of nitrogens with zero attached hydrogens (tertiary/aromatic N) is 1. The van der Waals surface area contributed by atoms with E-state index in [1.807, 2.05) is 12.4 Å². The molecule has 2 heterocycles. The first-order chi connectivity index (χ1) is 16.3. The number of rotatable bonds is 2. The van der Waals surface area contributed by atoms with Gasteiger partial charge in [0.2, 0.25) is 0 Å². The molecule has 0 radical (unpaired) electrons. The molecule has 1 aromatic carbocycles. The maximum absolute atomic E-state index is 12.5. The Morgan fingerprint density at radius 2 is 2.03 bits per heavy atom. The van der Waals surface area contributed by atoms with Gasteiger partial charge >= 0.3 is 5.97 Å². The molecule has 6 rings (SSSR count). The van der Waals surface area contributed by atoms with Crippen molar-refractivity contribution in [2.24, 2.45) is 11.3 Å². The minimum absolute atomic E-state index is 0.0218. The third kappa shape index (κ3) is 3.09. The Hall–Kier alpha value is -2.95. The van der Waals surface area contributed by atoms with Crippen molar-refractivity contribution in [1.82, 2.24) is 4.98 Å². The summed E-state index contributed by atoms with van der Waals surface area (Å²) < 4.78 is 12.8. The van der Waals surface area contributed by atoms with Gasteiger partial charge in [-0.25, -0.2) is 0 Å². The highest BCUT2D eigenvalue weighted by atomic mass is 16.6. The van der Waals surface area contributed by atoms with E-state index in [0.29, 0.717) is 6.42 Å². The highest BCUT2D eigenvalue weighted by molar-refractivity contribution is 5.99. The van der Waals surface area contributed by atoms with Gasteiger partial charge in [-0.05, 0) is 66.7 Å². The summed E-state index contributed by atoms with van der Waals surface area (Å²) in [7, 11) is 0. The molecule has 2 saturated carbocycles. The fourth-order valence-corrected chi connectivity index (χ4v) is 7.58. The minimum atomic E-state index is -0.654. The van der Waals surface area contributed by atoms with Crippen LogP contribution in [0, 0.1) is 11.3 Å². The molecule has 0 saturated heterocycles. The van der Waals surface area contributed by atoms with Crippen LogP contribution < -0.4 is 0 Å². The van der Waals surface area contributed by atoms with Gasteiger partial charge < -0.3 is 9.47 Å². The summed E-state index contributed by atoms with van der Waals surface area (Å²) in [6.45, 7) is 5.96. The van der Waals surface area contributed by atoms with E-state index in [1.54, 1.807) is 0 Å². The maximum Gasteiger partial charge on any atom is 0.303 e. The molecule has 0 N–H and O–H groups in total. The number of aromatic nitrogens is 1. The molecule has 0 amide bonds. The van der Waals surface area contributed by atoms with E-state index in [2.05, 4.69) is 49.2 Å². The summed E-state index contributed by atoms with van der Waals surface area (Å²) in [6, 6.07) is 8.44. The van der Waals surface area contributed by atoms with Crippen LogP contribution in [-0.2, 0) is 19.1 Å². The first kappa shape index (κ1) is 21.6. The number of ether oxygens (including phenoxy) is 2. The molecule has 176 valence electrons. The summed E-state index contributed by atoms with van der Waals surface area (Å²) in [4.78, 5) is 29.2. The second-order valence-electron chi connectivity index (χ2n) is 11.0. The summed E-state index contributed by atoms with van der Waals surface area (Å²) in [5, 5.41) is 2.26. The van der Waals surface area contributed by atoms with E-state index < -0.39 is 5.60 Å². The maximum atomic E-state index is 12.5. The standard InChI is InChI=1S/C29H31NO4/c1-17(31)34-29(3)15-23-26-18(14-22-24(32)8-5-9-25(22)33-26)10-12-28(23,2)27(29)21-7-4-6-19-16-30-13-11-20(19)21/h4,6-7,11,13-14,16,23,26-27H,5,8-10,12,15H2,1-3H3/t23-,26+,27+,28-,29?/m0/s1. The Labute approximate surface area is 200 Å². The van der Waals surface area contributed by atoms with Crippen molar-refractivity contribution in [3.63, 3.8) is 0 Å². The van der Waals surface area contributed by atoms with Gasteiger partial charge in [0.15, 0.2) is 5.78 Å². The van der Waals surface area contributed by atoms with Crippen LogP contribution in [0.3, 0.4) is 0 Å². The zero-order valence-corrected chi connectivity index (χ0v) is 20.1. The molecule has 0 bridgehead atoms. The molecule has 5 heteroatoms. The van der Waals surface area contributed by atoms with E-state index in [-0.39, 0.29) is 35.1 Å². The number of benzene rings is 1. The minimum Gasteiger partial charge on any atom is -0.489 e. The van der Waals surface area contributed by atoms with Crippen molar-refractivity contribution in [3.05, 3.63) is 65.2 Å². The molecule has 5 nitrogen and oxygen atoms in total. The van der Waals surface area contributed by atoms with Gasteiger partial charge in [0, 0.05) is 49.4 Å². The lowest BCUT2D eigenvalue weighted by atomic mass is 9.60. The van der Waals surface area contributed by atoms with Gasteiger partial charge in [0.1, 0.15) is 17.5 Å². The summed E-state index contributed by atoms with van der Waals surface area (Å²) in [5.41, 5.74) is 2.45. The van der Waals surface area contributed by atoms with Gasteiger partial charge in [0.05, 0.1) is 5.57 Å². The van der Waals surface area contributed by atoms with Gasteiger partial charge in [-0.2, -0.15) is 0 Å². The highest BCUT2D eigenvalue weighted by Gasteiger charge is 2.64. The number of pyridine rings is 1. The van der Waals surface area contributed by atoms with E-state index >= 15 is 0 Å². The smallest absolute Gasteiger partial charge is 0.303 e. The van der Waals surface area contributed by atoms with Crippen LogP contribution in [-0.4, -0.2) is 28.4 Å². The molecule has 5 atom stereocenters. The van der Waals surface area contributed by atoms with Crippen LogP contribution in [0.1, 0.15) is 70.8 Å². The summed E-state index contributed by atoms with van der Waals surface area (Å²) in [5.74, 6) is 1.03. The van der Waals surface area contributed by atoms with E-state index in [9.17, 15) is 9.59 Å². The SMILES string of the molecule is CC(=O)OC1(C)C[C@H]2[C@@H]3OC4=C(C=C3CC[C@]2(C)[C@H]1c1cccc2cnccc12)C(=O)CCC4. The van der Waals surface area contributed by atoms with Crippen LogP contribution in [0.5, 0.6) is 0 Å². The van der Waals surface area contributed by atoms with Crippen molar-refractivity contribution in [3.8, 4) is 0 Å². The average molecular weight is 458 g/mol. The zero-order chi connectivity index (χ0) is 23.7. The van der Waals surface area contributed by atoms with Crippen LogP contribution in [0.15, 0.2) is 59.6 Å². The normalized spacial score (nSPS) is 34.6. The van der Waals surface area contributed by atoms with Crippen LogP contribution in [0.25, 0.3) is 10.8 Å². The zero-order valence-electron chi connectivity index (χ0n) is 20.1. The molecule has 3 aliphatic carbocycles. The van der Waals surface area contributed by atoms with Crippen molar-refractivity contribution in [1.29, 1.82) is 0 Å². The van der Waals surface area contributed by atoms with E-state index in [4.69, 9.17) is 9.47 Å². The van der Waals surface area contributed by atoms with E-state index in [1.165, 1.54) is 18.1 Å². The number of ketones is 1. The monoisotopic (exact) mass is 457 g/mol. The van der Waals surface area contributed by atoms with Gasteiger partial charge in [-0.3, -0.25) is 14.6 Å². The van der Waals surface area contributed by atoms with Crippen LogP contribution in [0.2, 0.25) is 0 Å². The van der Waals surface area contributed by atoms with Crippen LogP contribution in [0.4, 0.5) is 0 Å². The molecule has 1 unspecified atom stereocenters. The van der Waals surface area contributed by atoms with Crippen molar-refractivity contribution in [2.75, 3.05) is 0 Å². The summed E-state index contributed by atoms with van der Waals surface area (Å²) >= 11 is 0. The van der Waals surface area contributed by atoms with E-state index in [0.717, 1.165) is 54.2 Å².